The van der Waals surface area contributed by atoms with E-state index in [4.69, 9.17) is 4.74 Å². The molecule has 0 aromatic heterocycles. The summed E-state index contributed by atoms with van der Waals surface area (Å²) in [5.41, 5.74) is 0. The fourth-order valence-corrected chi connectivity index (χ4v) is 3.49. The highest BCUT2D eigenvalue weighted by molar-refractivity contribution is 5.97. The van der Waals surface area contributed by atoms with Crippen molar-refractivity contribution in [3.05, 3.63) is 0 Å². The van der Waals surface area contributed by atoms with Crippen molar-refractivity contribution in [3.8, 4) is 0 Å². The van der Waals surface area contributed by atoms with Gasteiger partial charge in [0.05, 0.1) is 12.1 Å². The van der Waals surface area contributed by atoms with E-state index in [0.717, 1.165) is 25.9 Å². The molecule has 0 aliphatic carbocycles. The summed E-state index contributed by atoms with van der Waals surface area (Å²) in [4.78, 5) is 27.1. The Morgan fingerprint density at radius 1 is 1.33 bits per heavy atom. The molecule has 5 heteroatoms. The molecule has 4 unspecified atom stereocenters. The number of rotatable bonds is 5. The van der Waals surface area contributed by atoms with E-state index in [1.165, 1.54) is 0 Å². The highest BCUT2D eigenvalue weighted by Crippen LogP contribution is 2.27. The minimum Gasteiger partial charge on any atom is -0.376 e. The van der Waals surface area contributed by atoms with E-state index < -0.39 is 0 Å². The lowest BCUT2D eigenvalue weighted by atomic mass is 9.92. The molecule has 2 fully saturated rings. The summed E-state index contributed by atoms with van der Waals surface area (Å²) in [5.74, 6) is 0.131. The third-order valence-corrected chi connectivity index (χ3v) is 4.59. The molecule has 0 radical (unpaired) electrons. The monoisotopic (exact) mass is 296 g/mol. The third-order valence-electron chi connectivity index (χ3n) is 4.59. The van der Waals surface area contributed by atoms with Gasteiger partial charge in [0, 0.05) is 6.61 Å². The molecule has 4 atom stereocenters. The maximum absolute atomic E-state index is 12.8. The number of piperazine rings is 1. The summed E-state index contributed by atoms with van der Waals surface area (Å²) in [5, 5.41) is 2.90. The van der Waals surface area contributed by atoms with E-state index in [1.54, 1.807) is 4.90 Å². The second-order valence-electron chi connectivity index (χ2n) is 6.58. The van der Waals surface area contributed by atoms with Gasteiger partial charge in [-0.15, -0.1) is 0 Å². The molecule has 1 N–H and O–H groups in total. The highest BCUT2D eigenvalue weighted by atomic mass is 16.5. The normalized spacial score (nSPS) is 31.7. The van der Waals surface area contributed by atoms with Gasteiger partial charge in [0.15, 0.2) is 0 Å². The zero-order chi connectivity index (χ0) is 15.6. The second-order valence-corrected chi connectivity index (χ2v) is 6.58. The number of nitrogens with one attached hydrogen (secondary N) is 1. The van der Waals surface area contributed by atoms with E-state index in [0.29, 0.717) is 6.42 Å². The van der Waals surface area contributed by atoms with Crippen LogP contribution in [0.2, 0.25) is 0 Å². The Bertz CT molecular complexity index is 391. The molecule has 0 aromatic carbocycles. The van der Waals surface area contributed by atoms with Crippen LogP contribution in [-0.4, -0.2) is 47.6 Å². The molecule has 2 aliphatic heterocycles. The first-order chi connectivity index (χ1) is 9.97. The van der Waals surface area contributed by atoms with Crippen LogP contribution in [-0.2, 0) is 14.3 Å². The van der Waals surface area contributed by atoms with Crippen LogP contribution in [0, 0.1) is 5.92 Å². The van der Waals surface area contributed by atoms with Gasteiger partial charge in [-0.1, -0.05) is 27.2 Å². The average molecular weight is 296 g/mol. The summed E-state index contributed by atoms with van der Waals surface area (Å²) in [6.07, 6.45) is 3.64. The van der Waals surface area contributed by atoms with Crippen molar-refractivity contribution >= 4 is 11.8 Å². The molecular formula is C16H28N2O3. The Balaban J connectivity index is 2.24. The zero-order valence-corrected chi connectivity index (χ0v) is 13.6. The topological polar surface area (TPSA) is 58.6 Å². The molecule has 0 saturated carbocycles. The highest BCUT2D eigenvalue weighted by Gasteiger charge is 2.45. The number of carbonyl (C=O) groups excluding carboxylic acids is 2. The summed E-state index contributed by atoms with van der Waals surface area (Å²) in [6, 6.07) is -0.802. The predicted molar refractivity (Wildman–Crippen MR) is 80.7 cm³/mol. The summed E-state index contributed by atoms with van der Waals surface area (Å²) >= 11 is 0. The molecule has 5 nitrogen and oxygen atoms in total. The molecule has 0 aromatic rings. The van der Waals surface area contributed by atoms with E-state index in [1.807, 2.05) is 27.7 Å². The van der Waals surface area contributed by atoms with Crippen molar-refractivity contribution in [1.82, 2.24) is 10.2 Å². The smallest absolute Gasteiger partial charge is 0.246 e. The predicted octanol–water partition coefficient (Wildman–Crippen LogP) is 1.71. The molecule has 2 amide bonds. The van der Waals surface area contributed by atoms with Crippen molar-refractivity contribution in [2.75, 3.05) is 6.61 Å². The van der Waals surface area contributed by atoms with E-state index in [-0.39, 0.29) is 42.0 Å². The Morgan fingerprint density at radius 2 is 2.05 bits per heavy atom. The maximum atomic E-state index is 12.8. The maximum Gasteiger partial charge on any atom is 0.246 e. The Hall–Kier alpha value is -1.10. The minimum atomic E-state index is -0.384. The minimum absolute atomic E-state index is 0.0205. The third kappa shape index (κ3) is 3.23. The van der Waals surface area contributed by atoms with Crippen LogP contribution in [0.25, 0.3) is 0 Å². The van der Waals surface area contributed by atoms with Gasteiger partial charge >= 0.3 is 0 Å². The molecular weight excluding hydrogens is 268 g/mol. The van der Waals surface area contributed by atoms with Crippen molar-refractivity contribution in [1.29, 1.82) is 0 Å². The lowest BCUT2D eigenvalue weighted by Gasteiger charge is -2.45. The zero-order valence-electron chi connectivity index (χ0n) is 13.6. The van der Waals surface area contributed by atoms with Gasteiger partial charge in [0.2, 0.25) is 11.8 Å². The number of carbonyl (C=O) groups is 2. The van der Waals surface area contributed by atoms with Crippen LogP contribution in [0.4, 0.5) is 0 Å². The number of nitrogens with zero attached hydrogens (tertiary/aromatic N) is 1. The van der Waals surface area contributed by atoms with Crippen LogP contribution >= 0.6 is 0 Å². The lowest BCUT2D eigenvalue weighted by Crippen LogP contribution is -2.68. The fraction of sp³-hybridized carbons (Fsp3) is 0.875. The lowest BCUT2D eigenvalue weighted by molar-refractivity contribution is -0.157. The average Bonchev–Trinajstić information content (AvgIpc) is 2.95. The molecule has 21 heavy (non-hydrogen) atoms. The molecule has 120 valence electrons. The number of hydrogen-bond donors (Lipinski definition) is 1. The fourth-order valence-electron chi connectivity index (χ4n) is 3.49. The van der Waals surface area contributed by atoms with Crippen molar-refractivity contribution in [3.63, 3.8) is 0 Å². The van der Waals surface area contributed by atoms with Crippen LogP contribution in [0.15, 0.2) is 0 Å². The standard InChI is InChI=1S/C16H28N2O3/c1-5-7-12-16(20)18(11(4)13-8-6-9-21-13)14(10(2)3)15(19)17-12/h10-14H,5-9H2,1-4H3,(H,17,19). The van der Waals surface area contributed by atoms with E-state index in [9.17, 15) is 9.59 Å². The molecule has 2 saturated heterocycles. The van der Waals surface area contributed by atoms with Crippen LogP contribution < -0.4 is 5.32 Å². The van der Waals surface area contributed by atoms with Crippen molar-refractivity contribution in [2.24, 2.45) is 5.92 Å². The summed E-state index contributed by atoms with van der Waals surface area (Å²) in [6.45, 7) is 8.79. The summed E-state index contributed by atoms with van der Waals surface area (Å²) < 4.78 is 5.75. The first-order valence-electron chi connectivity index (χ1n) is 8.21. The van der Waals surface area contributed by atoms with Gasteiger partial charge in [-0.3, -0.25) is 9.59 Å². The molecule has 2 heterocycles. The van der Waals surface area contributed by atoms with Crippen molar-refractivity contribution < 1.29 is 14.3 Å². The molecule has 2 aliphatic rings. The quantitative estimate of drug-likeness (QED) is 0.840. The Morgan fingerprint density at radius 3 is 2.57 bits per heavy atom. The Labute approximate surface area is 127 Å². The van der Waals surface area contributed by atoms with Gasteiger partial charge in [0.25, 0.3) is 0 Å². The van der Waals surface area contributed by atoms with Gasteiger partial charge in [0.1, 0.15) is 12.1 Å². The number of amides is 2. The first-order valence-corrected chi connectivity index (χ1v) is 8.21. The van der Waals surface area contributed by atoms with Gasteiger partial charge in [-0.05, 0) is 32.1 Å². The first kappa shape index (κ1) is 16.3. The van der Waals surface area contributed by atoms with Gasteiger partial charge < -0.3 is 15.0 Å². The molecule has 2 rings (SSSR count). The van der Waals surface area contributed by atoms with Crippen LogP contribution in [0.1, 0.15) is 53.4 Å². The van der Waals surface area contributed by atoms with Gasteiger partial charge in [-0.2, -0.15) is 0 Å². The Kier molecular flexibility index (Phi) is 5.25. The summed E-state index contributed by atoms with van der Waals surface area (Å²) in [7, 11) is 0. The van der Waals surface area contributed by atoms with Crippen LogP contribution in [0.5, 0.6) is 0 Å². The van der Waals surface area contributed by atoms with E-state index >= 15 is 0 Å². The largest absolute Gasteiger partial charge is 0.376 e. The molecule has 0 bridgehead atoms. The number of hydrogen-bond acceptors (Lipinski definition) is 3. The second kappa shape index (κ2) is 6.77. The van der Waals surface area contributed by atoms with Crippen molar-refractivity contribution in [2.45, 2.75) is 77.6 Å². The van der Waals surface area contributed by atoms with Crippen LogP contribution in [0.3, 0.4) is 0 Å². The van der Waals surface area contributed by atoms with E-state index in [2.05, 4.69) is 5.32 Å². The van der Waals surface area contributed by atoms with Gasteiger partial charge in [-0.25, -0.2) is 0 Å². The SMILES string of the molecule is CCCC1NC(=O)C(C(C)C)N(C(C)C2CCCO2)C1=O. The number of ether oxygens (including phenoxy) is 1. The molecule has 0 spiro atoms.